The number of morpholine rings is 1. The normalized spacial score (nSPS) is 18.5. The largest absolute Gasteiger partial charge is 0.378 e. The van der Waals surface area contributed by atoms with E-state index in [0.717, 1.165) is 48.7 Å². The molecule has 0 spiro atoms. The molecule has 5 heteroatoms. The maximum absolute atomic E-state index is 13.4. The van der Waals surface area contributed by atoms with Gasteiger partial charge >= 0.3 is 0 Å². The molecule has 0 unspecified atom stereocenters. The highest BCUT2D eigenvalue weighted by atomic mass is 16.5. The molecule has 3 aromatic carbocycles. The van der Waals surface area contributed by atoms with Crippen molar-refractivity contribution in [2.75, 3.05) is 36.5 Å². The van der Waals surface area contributed by atoms with Crippen molar-refractivity contribution in [1.29, 1.82) is 0 Å². The second kappa shape index (κ2) is 8.44. The van der Waals surface area contributed by atoms with Crippen molar-refractivity contribution < 1.29 is 9.53 Å². The predicted octanol–water partition coefficient (Wildman–Crippen LogP) is 4.60. The number of anilines is 2. The SMILES string of the molecule is Cc1ccc(CN2C(=O)c3ccccc3N[C@@H]2c2ccc(N3CCOCC3)cc2)cc1. The smallest absolute Gasteiger partial charge is 0.258 e. The molecule has 1 atom stereocenters. The second-order valence-corrected chi connectivity index (χ2v) is 8.20. The number of nitrogens with zero attached hydrogens (tertiary/aromatic N) is 2. The first-order valence-corrected chi connectivity index (χ1v) is 10.8. The van der Waals surface area contributed by atoms with Crippen molar-refractivity contribution in [2.24, 2.45) is 0 Å². The molecule has 31 heavy (non-hydrogen) atoms. The van der Waals surface area contributed by atoms with Gasteiger partial charge in [0.25, 0.3) is 5.91 Å². The summed E-state index contributed by atoms with van der Waals surface area (Å²) in [4.78, 5) is 17.7. The number of ether oxygens (including phenoxy) is 1. The van der Waals surface area contributed by atoms with E-state index >= 15 is 0 Å². The summed E-state index contributed by atoms with van der Waals surface area (Å²) in [5.74, 6) is 0.0529. The number of carbonyl (C=O) groups excluding carboxylic acids is 1. The third-order valence-electron chi connectivity index (χ3n) is 6.08. The molecular weight excluding hydrogens is 386 g/mol. The number of rotatable bonds is 4. The van der Waals surface area contributed by atoms with E-state index in [2.05, 4.69) is 65.7 Å². The molecule has 2 aliphatic rings. The van der Waals surface area contributed by atoms with E-state index in [1.54, 1.807) is 0 Å². The molecular formula is C26H27N3O2. The van der Waals surface area contributed by atoms with Crippen molar-refractivity contribution in [1.82, 2.24) is 4.90 Å². The van der Waals surface area contributed by atoms with Gasteiger partial charge in [-0.3, -0.25) is 4.79 Å². The quantitative estimate of drug-likeness (QED) is 0.679. The fraction of sp³-hybridized carbons (Fsp3) is 0.269. The Labute approximate surface area is 183 Å². The van der Waals surface area contributed by atoms with E-state index in [9.17, 15) is 4.79 Å². The van der Waals surface area contributed by atoms with Gasteiger partial charge in [0.2, 0.25) is 0 Å². The number of hydrogen-bond acceptors (Lipinski definition) is 4. The summed E-state index contributed by atoms with van der Waals surface area (Å²) in [6.07, 6.45) is -0.220. The summed E-state index contributed by atoms with van der Waals surface area (Å²) < 4.78 is 5.47. The van der Waals surface area contributed by atoms with Gasteiger partial charge in [0, 0.05) is 31.0 Å². The van der Waals surface area contributed by atoms with E-state index in [4.69, 9.17) is 4.74 Å². The summed E-state index contributed by atoms with van der Waals surface area (Å²) in [5.41, 5.74) is 6.21. The van der Waals surface area contributed by atoms with Crippen LogP contribution in [0.2, 0.25) is 0 Å². The van der Waals surface area contributed by atoms with E-state index in [-0.39, 0.29) is 12.1 Å². The molecule has 0 saturated carbocycles. The zero-order valence-electron chi connectivity index (χ0n) is 17.8. The summed E-state index contributed by atoms with van der Waals surface area (Å²) >= 11 is 0. The second-order valence-electron chi connectivity index (χ2n) is 8.20. The number of benzene rings is 3. The summed E-state index contributed by atoms with van der Waals surface area (Å²) in [7, 11) is 0. The molecule has 2 heterocycles. The molecule has 158 valence electrons. The average molecular weight is 414 g/mol. The summed E-state index contributed by atoms with van der Waals surface area (Å²) in [6.45, 7) is 5.98. The van der Waals surface area contributed by atoms with Crippen molar-refractivity contribution in [3.8, 4) is 0 Å². The lowest BCUT2D eigenvalue weighted by molar-refractivity contribution is 0.0666. The van der Waals surface area contributed by atoms with Crippen LogP contribution in [-0.4, -0.2) is 37.1 Å². The van der Waals surface area contributed by atoms with Crippen LogP contribution in [0.4, 0.5) is 11.4 Å². The van der Waals surface area contributed by atoms with E-state index in [1.165, 1.54) is 11.3 Å². The minimum Gasteiger partial charge on any atom is -0.378 e. The van der Waals surface area contributed by atoms with E-state index in [0.29, 0.717) is 6.54 Å². The number of carbonyl (C=O) groups is 1. The highest BCUT2D eigenvalue weighted by Gasteiger charge is 2.32. The monoisotopic (exact) mass is 413 g/mol. The molecule has 0 bridgehead atoms. The fourth-order valence-corrected chi connectivity index (χ4v) is 4.30. The lowest BCUT2D eigenvalue weighted by Gasteiger charge is -2.38. The molecule has 1 amide bonds. The number of hydrogen-bond donors (Lipinski definition) is 1. The molecule has 0 radical (unpaired) electrons. The Kier molecular flexibility index (Phi) is 5.35. The van der Waals surface area contributed by atoms with Crippen molar-refractivity contribution in [3.63, 3.8) is 0 Å². The maximum atomic E-state index is 13.4. The Hall–Kier alpha value is -3.31. The van der Waals surface area contributed by atoms with Crippen molar-refractivity contribution in [2.45, 2.75) is 19.6 Å². The van der Waals surface area contributed by atoms with Crippen LogP contribution in [0.3, 0.4) is 0 Å². The molecule has 0 aliphatic carbocycles. The molecule has 1 fully saturated rings. The van der Waals surface area contributed by atoms with Crippen molar-refractivity contribution >= 4 is 17.3 Å². The van der Waals surface area contributed by atoms with Gasteiger partial charge in [0.05, 0.1) is 18.8 Å². The van der Waals surface area contributed by atoms with Crippen LogP contribution in [0.1, 0.15) is 33.2 Å². The van der Waals surface area contributed by atoms with Crippen LogP contribution >= 0.6 is 0 Å². The standard InChI is InChI=1S/C26H27N3O2/c1-19-6-8-20(9-7-19)18-29-25(27-24-5-3-2-4-23(24)26(29)30)21-10-12-22(13-11-21)28-14-16-31-17-15-28/h2-13,25,27H,14-18H2,1H3/t25-/m0/s1. The topological polar surface area (TPSA) is 44.8 Å². The minimum absolute atomic E-state index is 0.0529. The number of amides is 1. The van der Waals surface area contributed by atoms with Gasteiger partial charge < -0.3 is 19.9 Å². The van der Waals surface area contributed by atoms with Crippen molar-refractivity contribution in [3.05, 3.63) is 95.1 Å². The molecule has 1 N–H and O–H groups in total. The first-order chi connectivity index (χ1) is 15.2. The molecule has 5 nitrogen and oxygen atoms in total. The van der Waals surface area contributed by atoms with Crippen LogP contribution in [0, 0.1) is 6.92 Å². The highest BCUT2D eigenvalue weighted by molar-refractivity contribution is 6.01. The molecule has 5 rings (SSSR count). The number of fused-ring (bicyclic) bond motifs is 1. The van der Waals surface area contributed by atoms with Gasteiger partial charge in [0.15, 0.2) is 0 Å². The van der Waals surface area contributed by atoms with Crippen LogP contribution in [-0.2, 0) is 11.3 Å². The Balaban J connectivity index is 1.46. The first kappa shape index (κ1) is 19.6. The predicted molar refractivity (Wildman–Crippen MR) is 123 cm³/mol. The number of aryl methyl sites for hydroxylation is 1. The zero-order chi connectivity index (χ0) is 21.2. The maximum Gasteiger partial charge on any atom is 0.258 e. The van der Waals surface area contributed by atoms with E-state index in [1.807, 2.05) is 29.2 Å². The molecule has 2 aliphatic heterocycles. The van der Waals surface area contributed by atoms with Gasteiger partial charge in [-0.2, -0.15) is 0 Å². The zero-order valence-corrected chi connectivity index (χ0v) is 17.8. The van der Waals surface area contributed by atoms with Gasteiger partial charge in [0.1, 0.15) is 6.17 Å². The Bertz CT molecular complexity index is 1060. The number of nitrogens with one attached hydrogen (secondary N) is 1. The van der Waals surface area contributed by atoms with Crippen LogP contribution in [0.25, 0.3) is 0 Å². The highest BCUT2D eigenvalue weighted by Crippen LogP contribution is 2.34. The van der Waals surface area contributed by atoms with Crippen LogP contribution in [0.15, 0.2) is 72.8 Å². The Morgan fingerprint density at radius 2 is 1.65 bits per heavy atom. The van der Waals surface area contributed by atoms with Gasteiger partial charge in [-0.15, -0.1) is 0 Å². The third kappa shape index (κ3) is 4.01. The molecule has 3 aromatic rings. The summed E-state index contributed by atoms with van der Waals surface area (Å²) in [5, 5.41) is 3.60. The van der Waals surface area contributed by atoms with E-state index < -0.39 is 0 Å². The van der Waals surface area contributed by atoms with Gasteiger partial charge in [-0.25, -0.2) is 0 Å². The Morgan fingerprint density at radius 1 is 0.935 bits per heavy atom. The average Bonchev–Trinajstić information content (AvgIpc) is 2.83. The lowest BCUT2D eigenvalue weighted by atomic mass is 10.0. The van der Waals surface area contributed by atoms with Gasteiger partial charge in [-0.05, 0) is 42.3 Å². The first-order valence-electron chi connectivity index (χ1n) is 10.8. The Morgan fingerprint density at radius 3 is 2.39 bits per heavy atom. The molecule has 0 aromatic heterocycles. The fourth-order valence-electron chi connectivity index (χ4n) is 4.30. The van der Waals surface area contributed by atoms with Gasteiger partial charge in [-0.1, -0.05) is 54.1 Å². The molecule has 1 saturated heterocycles. The third-order valence-corrected chi connectivity index (χ3v) is 6.08. The number of para-hydroxylation sites is 1. The van der Waals surface area contributed by atoms with Crippen LogP contribution < -0.4 is 10.2 Å². The minimum atomic E-state index is -0.220. The summed E-state index contributed by atoms with van der Waals surface area (Å²) in [6, 6.07) is 24.7. The van der Waals surface area contributed by atoms with Crippen LogP contribution in [0.5, 0.6) is 0 Å². The lowest BCUT2D eigenvalue weighted by Crippen LogP contribution is -2.42.